The fourth-order valence-corrected chi connectivity index (χ4v) is 5.24. The zero-order chi connectivity index (χ0) is 34.9. The highest BCUT2D eigenvalue weighted by molar-refractivity contribution is 5.97. The summed E-state index contributed by atoms with van der Waals surface area (Å²) >= 11 is 0. The first-order valence-corrected chi connectivity index (χ1v) is 15.5. The van der Waals surface area contributed by atoms with Crippen molar-refractivity contribution >= 4 is 35.4 Å². The van der Waals surface area contributed by atoms with Crippen LogP contribution in [0.15, 0.2) is 116 Å². The van der Waals surface area contributed by atoms with E-state index in [9.17, 15) is 29.4 Å². The molecule has 5 N–H and O–H groups in total. The van der Waals surface area contributed by atoms with Crippen molar-refractivity contribution in [3.05, 3.63) is 127 Å². The van der Waals surface area contributed by atoms with Crippen LogP contribution in [0.3, 0.4) is 0 Å². The van der Waals surface area contributed by atoms with E-state index in [1.807, 2.05) is 48.5 Å². The first-order chi connectivity index (χ1) is 23.6. The minimum atomic E-state index is -1.19. The second kappa shape index (κ2) is 15.4. The van der Waals surface area contributed by atoms with Crippen molar-refractivity contribution in [3.8, 4) is 22.5 Å². The van der Waals surface area contributed by atoms with Crippen molar-refractivity contribution in [2.75, 3.05) is 10.6 Å². The van der Waals surface area contributed by atoms with Crippen LogP contribution < -0.4 is 10.6 Å². The van der Waals surface area contributed by atoms with Crippen LogP contribution in [0.25, 0.3) is 22.5 Å². The summed E-state index contributed by atoms with van der Waals surface area (Å²) in [5.41, 5.74) is 5.53. The van der Waals surface area contributed by atoms with Gasteiger partial charge in [-0.1, -0.05) is 84.9 Å². The average Bonchev–Trinajstić information content (AvgIpc) is 3.60. The SMILES string of the molecule is C[C@@H](C(=O)Nc1ccc(-c2nc[nH]c2-c2ccc(NC(=O)[C@H](C)N(Cc3ccccc3)C(=O)O)cc2)cc1)N(Cc1ccccc1)C(=O)O. The molecule has 2 atom stereocenters. The lowest BCUT2D eigenvalue weighted by molar-refractivity contribution is -0.121. The highest BCUT2D eigenvalue weighted by Gasteiger charge is 2.27. The van der Waals surface area contributed by atoms with Crippen LogP contribution in [0.5, 0.6) is 0 Å². The number of carbonyl (C=O) groups is 4. The van der Waals surface area contributed by atoms with Crippen LogP contribution in [-0.2, 0) is 22.7 Å². The van der Waals surface area contributed by atoms with Gasteiger partial charge in [-0.3, -0.25) is 19.4 Å². The number of anilines is 2. The zero-order valence-corrected chi connectivity index (χ0v) is 26.9. The number of nitrogens with zero attached hydrogens (tertiary/aromatic N) is 3. The predicted octanol–water partition coefficient (Wildman–Crippen LogP) is 6.76. The topological polar surface area (TPSA) is 168 Å². The summed E-state index contributed by atoms with van der Waals surface area (Å²) in [6.07, 6.45) is -0.816. The monoisotopic (exact) mass is 660 g/mol. The van der Waals surface area contributed by atoms with Crippen molar-refractivity contribution in [3.63, 3.8) is 0 Å². The van der Waals surface area contributed by atoms with E-state index < -0.39 is 36.1 Å². The number of amides is 4. The molecule has 12 nitrogen and oxygen atoms in total. The molecule has 4 aromatic carbocycles. The molecule has 0 aliphatic carbocycles. The maximum atomic E-state index is 13.0. The molecule has 0 aliphatic rings. The fraction of sp³-hybridized carbons (Fsp3) is 0.162. The summed E-state index contributed by atoms with van der Waals surface area (Å²) in [5.74, 6) is -0.915. The third-order valence-corrected chi connectivity index (χ3v) is 8.08. The summed E-state index contributed by atoms with van der Waals surface area (Å²) in [6, 6.07) is 30.4. The fourth-order valence-electron chi connectivity index (χ4n) is 5.24. The molecule has 0 radical (unpaired) electrons. The Morgan fingerprint density at radius 2 is 1.04 bits per heavy atom. The number of hydrogen-bond acceptors (Lipinski definition) is 5. The minimum Gasteiger partial charge on any atom is -0.465 e. The molecule has 0 bridgehead atoms. The number of imidazole rings is 1. The molecular formula is C37H36N6O6. The molecule has 1 aromatic heterocycles. The van der Waals surface area contributed by atoms with Gasteiger partial charge in [0.15, 0.2) is 0 Å². The van der Waals surface area contributed by atoms with E-state index in [0.717, 1.165) is 37.7 Å². The second-order valence-electron chi connectivity index (χ2n) is 11.4. The lowest BCUT2D eigenvalue weighted by Crippen LogP contribution is -2.44. The normalized spacial score (nSPS) is 12.0. The van der Waals surface area contributed by atoms with Gasteiger partial charge in [0.25, 0.3) is 0 Å². The van der Waals surface area contributed by atoms with Crippen LogP contribution in [0.2, 0.25) is 0 Å². The zero-order valence-electron chi connectivity index (χ0n) is 26.9. The van der Waals surface area contributed by atoms with Crippen molar-refractivity contribution in [2.24, 2.45) is 0 Å². The van der Waals surface area contributed by atoms with Crippen molar-refractivity contribution < 1.29 is 29.4 Å². The van der Waals surface area contributed by atoms with Gasteiger partial charge in [0, 0.05) is 35.6 Å². The van der Waals surface area contributed by atoms with Crippen LogP contribution in [0, 0.1) is 0 Å². The molecule has 5 aromatic rings. The number of carbonyl (C=O) groups excluding carboxylic acids is 2. The molecule has 5 rings (SSSR count). The minimum absolute atomic E-state index is 0.0796. The summed E-state index contributed by atoms with van der Waals surface area (Å²) in [4.78, 5) is 59.6. The number of aromatic amines is 1. The van der Waals surface area contributed by atoms with E-state index in [0.29, 0.717) is 17.1 Å². The summed E-state index contributed by atoms with van der Waals surface area (Å²) in [5, 5.41) is 25.1. The molecule has 0 saturated heterocycles. The van der Waals surface area contributed by atoms with E-state index in [-0.39, 0.29) is 13.1 Å². The highest BCUT2D eigenvalue weighted by atomic mass is 16.4. The second-order valence-corrected chi connectivity index (χ2v) is 11.4. The number of carboxylic acid groups (broad SMARTS) is 2. The molecule has 0 unspecified atom stereocenters. The Bertz CT molecular complexity index is 1760. The first-order valence-electron chi connectivity index (χ1n) is 15.5. The lowest BCUT2D eigenvalue weighted by Gasteiger charge is -2.25. The van der Waals surface area contributed by atoms with Gasteiger partial charge >= 0.3 is 12.2 Å². The predicted molar refractivity (Wildman–Crippen MR) is 186 cm³/mol. The molecule has 0 spiro atoms. The van der Waals surface area contributed by atoms with Gasteiger partial charge in [-0.15, -0.1) is 0 Å². The Balaban J connectivity index is 1.22. The van der Waals surface area contributed by atoms with Gasteiger partial charge in [-0.25, -0.2) is 14.6 Å². The van der Waals surface area contributed by atoms with Crippen molar-refractivity contribution in [1.82, 2.24) is 19.8 Å². The third-order valence-electron chi connectivity index (χ3n) is 8.08. The van der Waals surface area contributed by atoms with E-state index in [1.54, 1.807) is 80.8 Å². The standard InChI is InChI=1S/C37H36N6O6/c1-24(42(36(46)47)21-26-9-5-3-6-10-26)34(44)40-30-17-13-28(14-18-30)32-33(39-23-38-32)29-15-19-31(20-16-29)41-35(45)25(2)43(37(48)49)22-27-11-7-4-8-12-27/h3-20,23-25H,21-22H2,1-2H3,(H,38,39)(H,40,44)(H,41,45)(H,46,47)(H,48,49)/t24-,25-/m0/s1. The van der Waals surface area contributed by atoms with Crippen LogP contribution in [-0.4, -0.2) is 66.1 Å². The largest absolute Gasteiger partial charge is 0.465 e. The smallest absolute Gasteiger partial charge is 0.408 e. The molecule has 0 fully saturated rings. The molecule has 49 heavy (non-hydrogen) atoms. The summed E-state index contributed by atoms with van der Waals surface area (Å²) in [6.45, 7) is 3.25. The van der Waals surface area contributed by atoms with Gasteiger partial charge in [-0.05, 0) is 49.2 Å². The van der Waals surface area contributed by atoms with Crippen LogP contribution in [0.1, 0.15) is 25.0 Å². The molecule has 4 amide bonds. The van der Waals surface area contributed by atoms with Crippen molar-refractivity contribution in [1.29, 1.82) is 0 Å². The quantitative estimate of drug-likeness (QED) is 0.0985. The van der Waals surface area contributed by atoms with Gasteiger partial charge in [0.1, 0.15) is 12.1 Å². The first kappa shape index (κ1) is 33.9. The van der Waals surface area contributed by atoms with Gasteiger partial charge < -0.3 is 25.8 Å². The van der Waals surface area contributed by atoms with Crippen molar-refractivity contribution in [2.45, 2.75) is 39.0 Å². The molecule has 250 valence electrons. The molecule has 0 aliphatic heterocycles. The Kier molecular flexibility index (Phi) is 10.7. The highest BCUT2D eigenvalue weighted by Crippen LogP contribution is 2.30. The van der Waals surface area contributed by atoms with E-state index in [1.165, 1.54) is 0 Å². The number of hydrogen-bond donors (Lipinski definition) is 5. The maximum Gasteiger partial charge on any atom is 0.408 e. The van der Waals surface area contributed by atoms with E-state index in [4.69, 9.17) is 0 Å². The Morgan fingerprint density at radius 1 is 0.633 bits per heavy atom. The average molecular weight is 661 g/mol. The maximum absolute atomic E-state index is 13.0. The summed E-state index contributed by atoms with van der Waals surface area (Å²) in [7, 11) is 0. The third kappa shape index (κ3) is 8.49. The summed E-state index contributed by atoms with van der Waals surface area (Å²) < 4.78 is 0. The number of nitrogens with one attached hydrogen (secondary N) is 3. The van der Waals surface area contributed by atoms with Crippen LogP contribution in [0.4, 0.5) is 21.0 Å². The van der Waals surface area contributed by atoms with E-state index in [2.05, 4.69) is 20.6 Å². The van der Waals surface area contributed by atoms with Crippen LogP contribution >= 0.6 is 0 Å². The molecule has 0 saturated carbocycles. The molecular weight excluding hydrogens is 624 g/mol. The number of aromatic nitrogens is 2. The van der Waals surface area contributed by atoms with Gasteiger partial charge in [0.2, 0.25) is 11.8 Å². The number of benzene rings is 4. The van der Waals surface area contributed by atoms with Gasteiger partial charge in [-0.2, -0.15) is 0 Å². The lowest BCUT2D eigenvalue weighted by atomic mass is 10.0. The van der Waals surface area contributed by atoms with Gasteiger partial charge in [0.05, 0.1) is 17.7 Å². The Morgan fingerprint density at radius 3 is 1.45 bits per heavy atom. The Labute approximate surface area is 283 Å². The molecule has 1 heterocycles. The Hall–Kier alpha value is -6.43. The van der Waals surface area contributed by atoms with E-state index >= 15 is 0 Å². The number of rotatable bonds is 12. The molecule has 12 heteroatoms. The number of H-pyrrole nitrogens is 1.